The first kappa shape index (κ1) is 19.6. The van der Waals surface area contributed by atoms with Crippen LogP contribution in [0.1, 0.15) is 44.6 Å². The van der Waals surface area contributed by atoms with Gasteiger partial charge in [-0.05, 0) is 43.5 Å². The van der Waals surface area contributed by atoms with Gasteiger partial charge in [0, 0.05) is 42.7 Å². The van der Waals surface area contributed by atoms with Crippen LogP contribution in [0.15, 0.2) is 60.8 Å². The van der Waals surface area contributed by atoms with Crippen molar-refractivity contribution in [2.75, 3.05) is 13.1 Å². The van der Waals surface area contributed by atoms with Gasteiger partial charge in [0.2, 0.25) is 0 Å². The van der Waals surface area contributed by atoms with E-state index in [9.17, 15) is 4.79 Å². The summed E-state index contributed by atoms with van der Waals surface area (Å²) >= 11 is 0. The first-order chi connectivity index (χ1) is 14.2. The summed E-state index contributed by atoms with van der Waals surface area (Å²) in [5.41, 5.74) is 2.69. The molecule has 152 valence electrons. The van der Waals surface area contributed by atoms with E-state index in [0.717, 1.165) is 31.8 Å². The van der Waals surface area contributed by atoms with Crippen LogP contribution in [0.4, 0.5) is 0 Å². The molecule has 0 spiro atoms. The van der Waals surface area contributed by atoms with Crippen LogP contribution in [0.2, 0.25) is 0 Å². The molecule has 1 saturated heterocycles. The summed E-state index contributed by atoms with van der Waals surface area (Å²) in [4.78, 5) is 14.9. The SMILES string of the molecule is CCCCn1cc(C2CCN(C(=O)C(C)Oc3ccccc3)C2)c2ccccc21. The van der Waals surface area contributed by atoms with Gasteiger partial charge in [0.15, 0.2) is 6.10 Å². The van der Waals surface area contributed by atoms with Crippen LogP contribution >= 0.6 is 0 Å². The molecule has 2 aromatic carbocycles. The van der Waals surface area contributed by atoms with Gasteiger partial charge >= 0.3 is 0 Å². The summed E-state index contributed by atoms with van der Waals surface area (Å²) in [6, 6.07) is 18.2. The molecule has 4 nitrogen and oxygen atoms in total. The molecule has 4 heteroatoms. The Kier molecular flexibility index (Phi) is 5.89. The number of fused-ring (bicyclic) bond motifs is 1. The van der Waals surface area contributed by atoms with Gasteiger partial charge in [-0.25, -0.2) is 0 Å². The van der Waals surface area contributed by atoms with E-state index >= 15 is 0 Å². The lowest BCUT2D eigenvalue weighted by atomic mass is 9.98. The minimum Gasteiger partial charge on any atom is -0.481 e. The molecule has 2 unspecified atom stereocenters. The van der Waals surface area contributed by atoms with Gasteiger partial charge < -0.3 is 14.2 Å². The highest BCUT2D eigenvalue weighted by Gasteiger charge is 2.32. The normalized spacial score (nSPS) is 17.6. The van der Waals surface area contributed by atoms with E-state index in [1.807, 2.05) is 42.2 Å². The highest BCUT2D eigenvalue weighted by molar-refractivity contribution is 5.85. The highest BCUT2D eigenvalue weighted by atomic mass is 16.5. The van der Waals surface area contributed by atoms with Crippen molar-refractivity contribution >= 4 is 16.8 Å². The summed E-state index contributed by atoms with van der Waals surface area (Å²) in [6.07, 6.45) is 5.23. The second kappa shape index (κ2) is 8.73. The molecule has 4 rings (SSSR count). The number of hydrogen-bond donors (Lipinski definition) is 0. The van der Waals surface area contributed by atoms with Gasteiger partial charge in [-0.3, -0.25) is 4.79 Å². The molecule has 1 amide bonds. The number of carbonyl (C=O) groups is 1. The van der Waals surface area contributed by atoms with Crippen molar-refractivity contribution in [1.82, 2.24) is 9.47 Å². The number of unbranched alkanes of at least 4 members (excludes halogenated alkanes) is 1. The number of benzene rings is 2. The first-order valence-corrected chi connectivity index (χ1v) is 10.8. The number of likely N-dealkylation sites (tertiary alicyclic amines) is 1. The molecule has 0 saturated carbocycles. The molecule has 29 heavy (non-hydrogen) atoms. The van der Waals surface area contributed by atoms with Crippen molar-refractivity contribution in [3.63, 3.8) is 0 Å². The van der Waals surface area contributed by atoms with Crippen LogP contribution in [0.3, 0.4) is 0 Å². The fourth-order valence-corrected chi connectivity index (χ4v) is 4.34. The van der Waals surface area contributed by atoms with Crippen molar-refractivity contribution in [2.45, 2.75) is 51.7 Å². The van der Waals surface area contributed by atoms with Crippen LogP contribution in [-0.4, -0.2) is 34.6 Å². The van der Waals surface area contributed by atoms with E-state index in [2.05, 4.69) is 42.0 Å². The maximum Gasteiger partial charge on any atom is 0.263 e. The Bertz CT molecular complexity index is 963. The topological polar surface area (TPSA) is 34.5 Å². The van der Waals surface area contributed by atoms with Crippen molar-refractivity contribution in [2.24, 2.45) is 0 Å². The average molecular weight is 391 g/mol. The maximum absolute atomic E-state index is 12.9. The largest absolute Gasteiger partial charge is 0.481 e. The number of ether oxygens (including phenoxy) is 1. The molecule has 1 fully saturated rings. The summed E-state index contributed by atoms with van der Waals surface area (Å²) in [6.45, 7) is 6.68. The number of aromatic nitrogens is 1. The number of rotatable bonds is 7. The fraction of sp³-hybridized carbons (Fsp3) is 0.400. The number of amides is 1. The third kappa shape index (κ3) is 4.16. The first-order valence-electron chi connectivity index (χ1n) is 10.8. The summed E-state index contributed by atoms with van der Waals surface area (Å²) in [7, 11) is 0. The van der Waals surface area contributed by atoms with Crippen LogP contribution in [-0.2, 0) is 11.3 Å². The van der Waals surface area contributed by atoms with E-state index < -0.39 is 6.10 Å². The Morgan fingerprint density at radius 1 is 1.14 bits per heavy atom. The number of aryl methyl sites for hydroxylation is 1. The van der Waals surface area contributed by atoms with Crippen LogP contribution in [0.5, 0.6) is 5.75 Å². The molecular weight excluding hydrogens is 360 g/mol. The molecule has 2 atom stereocenters. The van der Waals surface area contributed by atoms with Crippen molar-refractivity contribution in [1.29, 1.82) is 0 Å². The second-order valence-corrected chi connectivity index (χ2v) is 7.99. The van der Waals surface area contributed by atoms with Crippen LogP contribution in [0, 0.1) is 0 Å². The smallest absolute Gasteiger partial charge is 0.263 e. The van der Waals surface area contributed by atoms with Crippen LogP contribution < -0.4 is 4.74 Å². The maximum atomic E-state index is 12.9. The third-order valence-electron chi connectivity index (χ3n) is 5.92. The van der Waals surface area contributed by atoms with Gasteiger partial charge in [-0.2, -0.15) is 0 Å². The van der Waals surface area contributed by atoms with Crippen molar-refractivity contribution < 1.29 is 9.53 Å². The molecule has 1 aliphatic rings. The Labute approximate surface area is 173 Å². The second-order valence-electron chi connectivity index (χ2n) is 7.99. The monoisotopic (exact) mass is 390 g/mol. The summed E-state index contributed by atoms with van der Waals surface area (Å²) < 4.78 is 8.24. The zero-order valence-electron chi connectivity index (χ0n) is 17.4. The lowest BCUT2D eigenvalue weighted by Crippen LogP contribution is -2.39. The van der Waals surface area contributed by atoms with Gasteiger partial charge in [0.05, 0.1) is 0 Å². The summed E-state index contributed by atoms with van der Waals surface area (Å²) in [5.74, 6) is 1.20. The van der Waals surface area contributed by atoms with Gasteiger partial charge in [-0.1, -0.05) is 49.7 Å². The van der Waals surface area contributed by atoms with Crippen molar-refractivity contribution in [3.8, 4) is 5.75 Å². The molecule has 2 heterocycles. The van der Waals surface area contributed by atoms with Crippen LogP contribution in [0.25, 0.3) is 10.9 Å². The molecule has 0 N–H and O–H groups in total. The predicted molar refractivity (Wildman–Crippen MR) is 117 cm³/mol. The Balaban J connectivity index is 1.47. The fourth-order valence-electron chi connectivity index (χ4n) is 4.34. The Morgan fingerprint density at radius 3 is 2.69 bits per heavy atom. The van der Waals surface area contributed by atoms with E-state index in [0.29, 0.717) is 5.92 Å². The van der Waals surface area contributed by atoms with Gasteiger partial charge in [0.1, 0.15) is 5.75 Å². The quantitative estimate of drug-likeness (QED) is 0.554. The lowest BCUT2D eigenvalue weighted by molar-refractivity contribution is -0.136. The number of para-hydroxylation sites is 2. The molecule has 0 aliphatic carbocycles. The molecule has 0 radical (unpaired) electrons. The molecule has 3 aromatic rings. The van der Waals surface area contributed by atoms with Gasteiger partial charge in [0.25, 0.3) is 5.91 Å². The Morgan fingerprint density at radius 2 is 1.90 bits per heavy atom. The zero-order valence-corrected chi connectivity index (χ0v) is 17.4. The predicted octanol–water partition coefficient (Wildman–Crippen LogP) is 5.22. The molecule has 0 bridgehead atoms. The van der Waals surface area contributed by atoms with E-state index in [1.165, 1.54) is 29.3 Å². The average Bonchev–Trinajstić information content (AvgIpc) is 3.37. The number of carbonyl (C=O) groups excluding carboxylic acids is 1. The highest BCUT2D eigenvalue weighted by Crippen LogP contribution is 2.34. The minimum absolute atomic E-state index is 0.0751. The molecular formula is C25H30N2O2. The molecule has 1 aromatic heterocycles. The van der Waals surface area contributed by atoms with Gasteiger partial charge in [-0.15, -0.1) is 0 Å². The molecule has 1 aliphatic heterocycles. The standard InChI is InChI=1S/C25H30N2O2/c1-3-4-15-26-18-23(22-12-8-9-13-24(22)26)20-14-16-27(17-20)25(28)19(2)29-21-10-6-5-7-11-21/h5-13,18-20H,3-4,14-17H2,1-2H3. The van der Waals surface area contributed by atoms with E-state index in [-0.39, 0.29) is 5.91 Å². The number of nitrogens with zero attached hydrogens (tertiary/aromatic N) is 2. The Hall–Kier alpha value is -2.75. The van der Waals surface area contributed by atoms with Crippen molar-refractivity contribution in [3.05, 3.63) is 66.4 Å². The zero-order chi connectivity index (χ0) is 20.2. The van der Waals surface area contributed by atoms with E-state index in [1.54, 1.807) is 0 Å². The third-order valence-corrected chi connectivity index (χ3v) is 5.92. The lowest BCUT2D eigenvalue weighted by Gasteiger charge is -2.22. The number of hydrogen-bond acceptors (Lipinski definition) is 2. The minimum atomic E-state index is -0.470. The van der Waals surface area contributed by atoms with E-state index in [4.69, 9.17) is 4.74 Å². The summed E-state index contributed by atoms with van der Waals surface area (Å²) in [5, 5.41) is 1.33.